The molecule has 0 bridgehead atoms. The first-order chi connectivity index (χ1) is 12.8. The van der Waals surface area contributed by atoms with Gasteiger partial charge in [-0.1, -0.05) is 0 Å². The summed E-state index contributed by atoms with van der Waals surface area (Å²) in [5.74, 6) is -0.716. The third kappa shape index (κ3) is 3.34. The number of benzene rings is 1. The molecule has 4 rings (SSSR count). The summed E-state index contributed by atoms with van der Waals surface area (Å²) in [4.78, 5) is 24.1. The standard InChI is InChI=1S/C18H20N4O4S/c19-17(23)11-4-6-12(7-5-11)20-18(24)16-14-2-1-3-15(14)21-22(16)13-8-9-27(25,26)10-13/h4-7,13H,1-3,8-10H2,(H2,19,23)(H,20,24)/t13-/m0/s1. The summed E-state index contributed by atoms with van der Waals surface area (Å²) in [7, 11) is -3.09. The van der Waals surface area contributed by atoms with Gasteiger partial charge in [-0.15, -0.1) is 0 Å². The van der Waals surface area contributed by atoms with Gasteiger partial charge in [-0.25, -0.2) is 8.42 Å². The molecule has 0 saturated carbocycles. The highest BCUT2D eigenvalue weighted by Crippen LogP contribution is 2.31. The van der Waals surface area contributed by atoms with Gasteiger partial charge in [0.2, 0.25) is 5.91 Å². The van der Waals surface area contributed by atoms with E-state index in [1.165, 1.54) is 0 Å². The number of anilines is 1. The topological polar surface area (TPSA) is 124 Å². The van der Waals surface area contributed by atoms with Crippen LogP contribution in [0.25, 0.3) is 0 Å². The minimum Gasteiger partial charge on any atom is -0.366 e. The molecule has 1 aliphatic heterocycles. The van der Waals surface area contributed by atoms with E-state index in [0.717, 1.165) is 30.5 Å². The maximum atomic E-state index is 13.0. The van der Waals surface area contributed by atoms with E-state index in [0.29, 0.717) is 23.4 Å². The minimum absolute atomic E-state index is 0.0150. The molecule has 0 spiro atoms. The lowest BCUT2D eigenvalue weighted by atomic mass is 10.1. The van der Waals surface area contributed by atoms with Gasteiger partial charge in [0, 0.05) is 16.8 Å². The molecule has 1 aliphatic carbocycles. The molecule has 1 aromatic carbocycles. The van der Waals surface area contributed by atoms with Crippen LogP contribution in [-0.4, -0.2) is 41.5 Å². The number of carbonyl (C=O) groups is 2. The van der Waals surface area contributed by atoms with Crippen molar-refractivity contribution in [1.29, 1.82) is 0 Å². The molecule has 9 heteroatoms. The number of hydrogen-bond donors (Lipinski definition) is 2. The molecule has 2 aliphatic rings. The Hall–Kier alpha value is -2.68. The Labute approximate surface area is 156 Å². The molecule has 0 radical (unpaired) electrons. The van der Waals surface area contributed by atoms with Crippen LogP contribution in [0.15, 0.2) is 24.3 Å². The van der Waals surface area contributed by atoms with E-state index in [1.807, 2.05) is 0 Å². The van der Waals surface area contributed by atoms with Crippen LogP contribution in [0.1, 0.15) is 51.0 Å². The lowest BCUT2D eigenvalue weighted by Gasteiger charge is -2.14. The van der Waals surface area contributed by atoms with Gasteiger partial charge < -0.3 is 11.1 Å². The second kappa shape index (κ2) is 6.49. The second-order valence-electron chi connectivity index (χ2n) is 7.02. The fraction of sp³-hybridized carbons (Fsp3) is 0.389. The number of carbonyl (C=O) groups excluding carboxylic acids is 2. The molecule has 8 nitrogen and oxygen atoms in total. The van der Waals surface area contributed by atoms with Gasteiger partial charge in [0.1, 0.15) is 5.69 Å². The van der Waals surface area contributed by atoms with Gasteiger partial charge in [0.25, 0.3) is 5.91 Å². The molecule has 1 saturated heterocycles. The fourth-order valence-corrected chi connectivity index (χ4v) is 5.49. The highest BCUT2D eigenvalue weighted by Gasteiger charge is 2.35. The molecular weight excluding hydrogens is 368 g/mol. The lowest BCUT2D eigenvalue weighted by molar-refractivity contribution is 0.0996. The number of fused-ring (bicyclic) bond motifs is 1. The van der Waals surface area contributed by atoms with Gasteiger partial charge in [-0.2, -0.15) is 5.10 Å². The number of hydrogen-bond acceptors (Lipinski definition) is 5. The van der Waals surface area contributed by atoms with Crippen LogP contribution >= 0.6 is 0 Å². The fourth-order valence-electron chi connectivity index (χ4n) is 3.79. The predicted molar refractivity (Wildman–Crippen MR) is 99.5 cm³/mol. The van der Waals surface area contributed by atoms with Crippen molar-refractivity contribution < 1.29 is 18.0 Å². The number of nitrogens with two attached hydrogens (primary N) is 1. The zero-order chi connectivity index (χ0) is 19.2. The monoisotopic (exact) mass is 388 g/mol. The summed E-state index contributed by atoms with van der Waals surface area (Å²) >= 11 is 0. The zero-order valence-corrected chi connectivity index (χ0v) is 15.5. The van der Waals surface area contributed by atoms with E-state index in [1.54, 1.807) is 28.9 Å². The molecule has 3 N–H and O–H groups in total. The lowest BCUT2D eigenvalue weighted by Crippen LogP contribution is -2.23. The van der Waals surface area contributed by atoms with Crippen LogP contribution in [-0.2, 0) is 22.7 Å². The summed E-state index contributed by atoms with van der Waals surface area (Å²) < 4.78 is 25.4. The van der Waals surface area contributed by atoms with Crippen molar-refractivity contribution in [2.75, 3.05) is 16.8 Å². The number of amides is 2. The van der Waals surface area contributed by atoms with Crippen molar-refractivity contribution in [3.63, 3.8) is 0 Å². The molecule has 1 atom stereocenters. The number of sulfone groups is 1. The van der Waals surface area contributed by atoms with E-state index >= 15 is 0 Å². The number of rotatable bonds is 4. The van der Waals surface area contributed by atoms with Gasteiger partial charge >= 0.3 is 0 Å². The van der Waals surface area contributed by atoms with Crippen molar-refractivity contribution in [2.45, 2.75) is 31.7 Å². The van der Waals surface area contributed by atoms with Gasteiger partial charge in [0.05, 0.1) is 23.2 Å². The summed E-state index contributed by atoms with van der Waals surface area (Å²) in [5, 5.41) is 7.39. The van der Waals surface area contributed by atoms with Crippen LogP contribution in [0.3, 0.4) is 0 Å². The van der Waals surface area contributed by atoms with E-state index in [-0.39, 0.29) is 23.5 Å². The average molecular weight is 388 g/mol. The van der Waals surface area contributed by atoms with Crippen LogP contribution in [0.5, 0.6) is 0 Å². The minimum atomic E-state index is -3.09. The SMILES string of the molecule is NC(=O)c1ccc(NC(=O)c2c3c(nn2[C@H]2CCS(=O)(=O)C2)CCC3)cc1. The summed E-state index contributed by atoms with van der Waals surface area (Å²) in [6.07, 6.45) is 2.97. The van der Waals surface area contributed by atoms with Crippen molar-refractivity contribution in [3.8, 4) is 0 Å². The highest BCUT2D eigenvalue weighted by molar-refractivity contribution is 7.91. The number of nitrogens with one attached hydrogen (secondary N) is 1. The second-order valence-corrected chi connectivity index (χ2v) is 9.25. The molecule has 1 aromatic heterocycles. The first-order valence-corrected chi connectivity index (χ1v) is 10.7. The quantitative estimate of drug-likeness (QED) is 0.811. The van der Waals surface area contributed by atoms with Crippen molar-refractivity contribution in [3.05, 3.63) is 46.8 Å². The molecule has 0 unspecified atom stereocenters. The van der Waals surface area contributed by atoms with E-state index in [4.69, 9.17) is 5.73 Å². The number of nitrogens with zero attached hydrogens (tertiary/aromatic N) is 2. The third-order valence-corrected chi connectivity index (χ3v) is 6.88. The number of aromatic nitrogens is 2. The Morgan fingerprint density at radius 1 is 1.19 bits per heavy atom. The summed E-state index contributed by atoms with van der Waals surface area (Å²) in [6.45, 7) is 0. The number of primary amides is 1. The van der Waals surface area contributed by atoms with E-state index in [9.17, 15) is 18.0 Å². The maximum absolute atomic E-state index is 13.0. The van der Waals surface area contributed by atoms with Crippen molar-refractivity contribution in [2.24, 2.45) is 5.73 Å². The van der Waals surface area contributed by atoms with Crippen molar-refractivity contribution in [1.82, 2.24) is 9.78 Å². The van der Waals surface area contributed by atoms with Gasteiger partial charge in [-0.3, -0.25) is 14.3 Å². The molecule has 27 heavy (non-hydrogen) atoms. The maximum Gasteiger partial charge on any atom is 0.274 e. The van der Waals surface area contributed by atoms with Crippen LogP contribution in [0.4, 0.5) is 5.69 Å². The van der Waals surface area contributed by atoms with E-state index < -0.39 is 15.7 Å². The van der Waals surface area contributed by atoms with Crippen LogP contribution in [0.2, 0.25) is 0 Å². The smallest absolute Gasteiger partial charge is 0.274 e. The Kier molecular flexibility index (Phi) is 4.26. The Morgan fingerprint density at radius 3 is 2.56 bits per heavy atom. The van der Waals surface area contributed by atoms with Gasteiger partial charge in [0.15, 0.2) is 9.84 Å². The molecule has 2 heterocycles. The van der Waals surface area contributed by atoms with E-state index in [2.05, 4.69) is 10.4 Å². The Bertz CT molecular complexity index is 1020. The first kappa shape index (κ1) is 17.7. The number of aryl methyl sites for hydroxylation is 1. The predicted octanol–water partition coefficient (Wildman–Crippen LogP) is 1.08. The van der Waals surface area contributed by atoms with Gasteiger partial charge in [-0.05, 0) is 49.9 Å². The molecular formula is C18H20N4O4S. The summed E-state index contributed by atoms with van der Waals surface area (Å²) in [5.41, 5.74) is 8.35. The average Bonchev–Trinajstić information content (AvgIpc) is 3.28. The normalized spacial score (nSPS) is 20.4. The highest BCUT2D eigenvalue weighted by atomic mass is 32.2. The molecule has 1 fully saturated rings. The first-order valence-electron chi connectivity index (χ1n) is 8.86. The molecule has 2 amide bonds. The summed E-state index contributed by atoms with van der Waals surface area (Å²) in [6, 6.07) is 6.00. The Balaban J connectivity index is 1.64. The molecule has 2 aromatic rings. The largest absolute Gasteiger partial charge is 0.366 e. The van der Waals surface area contributed by atoms with Crippen molar-refractivity contribution >= 4 is 27.3 Å². The van der Waals surface area contributed by atoms with Crippen LogP contribution in [0, 0.1) is 0 Å². The molecule has 142 valence electrons. The Morgan fingerprint density at radius 2 is 1.93 bits per heavy atom. The zero-order valence-electron chi connectivity index (χ0n) is 14.6. The van der Waals surface area contributed by atoms with Crippen LogP contribution < -0.4 is 11.1 Å². The third-order valence-electron chi connectivity index (χ3n) is 5.13.